The van der Waals surface area contributed by atoms with Crippen LogP contribution in [-0.4, -0.2) is 35.5 Å². The molecule has 1 fully saturated rings. The van der Waals surface area contributed by atoms with Crippen LogP contribution in [0.15, 0.2) is 29.4 Å². The number of aliphatic hydroxyl groups excluding tert-OH is 1. The molecule has 0 aliphatic heterocycles. The van der Waals surface area contributed by atoms with E-state index in [0.29, 0.717) is 0 Å². The smallest absolute Gasteiger partial charge is 0.0759 e. The van der Waals surface area contributed by atoms with E-state index in [2.05, 4.69) is 24.2 Å². The number of aryl methyl sites for hydroxylation is 1. The van der Waals surface area contributed by atoms with Crippen LogP contribution in [0.5, 0.6) is 0 Å². The number of rotatable bonds is 3. The topological polar surface area (TPSA) is 35.8 Å². The molecule has 0 saturated heterocycles. The number of nitrogens with zero attached hydrogens (tertiary/aromatic N) is 2. The van der Waals surface area contributed by atoms with E-state index in [1.807, 2.05) is 30.4 Å². The molecule has 2 atom stereocenters. The molecule has 0 unspecified atom stereocenters. The Morgan fingerprint density at radius 2 is 2.11 bits per heavy atom. The number of likely N-dealkylation sites (N-methyl/N-ethyl adjacent to an activating group) is 1. The fourth-order valence-electron chi connectivity index (χ4n) is 2.52. The van der Waals surface area contributed by atoms with Crippen molar-refractivity contribution in [3.05, 3.63) is 35.4 Å². The van der Waals surface area contributed by atoms with E-state index in [9.17, 15) is 5.11 Å². The molecular formula is C15H22N2O. The lowest BCUT2D eigenvalue weighted by molar-refractivity contribution is 0.0338. The second-order valence-corrected chi connectivity index (χ2v) is 5.15. The van der Waals surface area contributed by atoms with Crippen LogP contribution in [0.1, 0.15) is 36.8 Å². The van der Waals surface area contributed by atoms with Gasteiger partial charge >= 0.3 is 0 Å². The van der Waals surface area contributed by atoms with Crippen LogP contribution in [-0.2, 0) is 0 Å². The van der Waals surface area contributed by atoms with Gasteiger partial charge in [-0.05, 0) is 25.3 Å². The van der Waals surface area contributed by atoms with Gasteiger partial charge in [0.1, 0.15) is 0 Å². The maximum atomic E-state index is 9.97. The fourth-order valence-corrected chi connectivity index (χ4v) is 2.52. The lowest BCUT2D eigenvalue weighted by Crippen LogP contribution is -2.40. The first-order valence-corrected chi connectivity index (χ1v) is 6.68. The Labute approximate surface area is 109 Å². The molecule has 98 valence electrons. The predicted octanol–water partition coefficient (Wildman–Crippen LogP) is 2.56. The van der Waals surface area contributed by atoms with Crippen molar-refractivity contribution in [1.82, 2.24) is 5.01 Å². The Hall–Kier alpha value is -1.35. The van der Waals surface area contributed by atoms with Gasteiger partial charge in [-0.1, -0.05) is 42.7 Å². The van der Waals surface area contributed by atoms with E-state index in [1.165, 1.54) is 12.0 Å². The molecule has 3 nitrogen and oxygen atoms in total. The molecule has 0 radical (unpaired) electrons. The minimum atomic E-state index is -0.238. The lowest BCUT2D eigenvalue weighted by atomic mass is 9.92. The quantitative estimate of drug-likeness (QED) is 0.657. The molecule has 2 rings (SSSR count). The number of hydrazone groups is 1. The van der Waals surface area contributed by atoms with Crippen LogP contribution in [0.2, 0.25) is 0 Å². The minimum Gasteiger partial charge on any atom is -0.391 e. The summed E-state index contributed by atoms with van der Waals surface area (Å²) in [5.41, 5.74) is 2.34. The van der Waals surface area contributed by atoms with Gasteiger partial charge in [-0.15, -0.1) is 0 Å². The van der Waals surface area contributed by atoms with E-state index in [0.717, 1.165) is 24.8 Å². The Morgan fingerprint density at radius 1 is 1.33 bits per heavy atom. The third-order valence-corrected chi connectivity index (χ3v) is 3.60. The normalized spacial score (nSPS) is 24.4. The van der Waals surface area contributed by atoms with E-state index >= 15 is 0 Å². The Morgan fingerprint density at radius 3 is 2.83 bits per heavy atom. The molecule has 1 aliphatic carbocycles. The van der Waals surface area contributed by atoms with Gasteiger partial charge in [0.05, 0.1) is 18.4 Å². The minimum absolute atomic E-state index is 0.166. The van der Waals surface area contributed by atoms with Crippen molar-refractivity contribution >= 4 is 6.21 Å². The van der Waals surface area contributed by atoms with Gasteiger partial charge in [0, 0.05) is 7.05 Å². The highest BCUT2D eigenvalue weighted by Crippen LogP contribution is 2.22. The van der Waals surface area contributed by atoms with Crippen molar-refractivity contribution < 1.29 is 5.11 Å². The molecule has 1 N–H and O–H groups in total. The summed E-state index contributed by atoms with van der Waals surface area (Å²) >= 11 is 0. The van der Waals surface area contributed by atoms with Crippen LogP contribution in [0.25, 0.3) is 0 Å². The molecule has 1 aromatic carbocycles. The molecule has 18 heavy (non-hydrogen) atoms. The monoisotopic (exact) mass is 246 g/mol. The number of benzene rings is 1. The summed E-state index contributed by atoms with van der Waals surface area (Å²) in [7, 11) is 1.95. The molecule has 0 spiro atoms. The standard InChI is InChI=1S/C15H22N2O/c1-12-6-5-7-13(10-12)11-16-17(2)14-8-3-4-9-15(14)18/h5-7,10-11,14-15,18H,3-4,8-9H2,1-2H3/b16-11+/t14-,15-/m0/s1. The van der Waals surface area contributed by atoms with E-state index < -0.39 is 0 Å². The average Bonchev–Trinajstić information content (AvgIpc) is 2.37. The summed E-state index contributed by atoms with van der Waals surface area (Å²) in [4.78, 5) is 0. The third kappa shape index (κ3) is 3.33. The highest BCUT2D eigenvalue weighted by molar-refractivity contribution is 5.79. The molecular weight excluding hydrogens is 224 g/mol. The van der Waals surface area contributed by atoms with E-state index in [1.54, 1.807) is 0 Å². The van der Waals surface area contributed by atoms with Gasteiger partial charge in [-0.25, -0.2) is 0 Å². The second kappa shape index (κ2) is 6.01. The summed E-state index contributed by atoms with van der Waals surface area (Å²) in [6, 6.07) is 8.42. The first-order valence-electron chi connectivity index (χ1n) is 6.68. The van der Waals surface area contributed by atoms with E-state index in [-0.39, 0.29) is 12.1 Å². The van der Waals surface area contributed by atoms with Crippen LogP contribution >= 0.6 is 0 Å². The van der Waals surface area contributed by atoms with Crippen LogP contribution in [0.3, 0.4) is 0 Å². The summed E-state index contributed by atoms with van der Waals surface area (Å²) in [6.07, 6.45) is 5.88. The fraction of sp³-hybridized carbons (Fsp3) is 0.533. The zero-order chi connectivity index (χ0) is 13.0. The van der Waals surface area contributed by atoms with Crippen molar-refractivity contribution in [2.75, 3.05) is 7.05 Å². The highest BCUT2D eigenvalue weighted by Gasteiger charge is 2.25. The third-order valence-electron chi connectivity index (χ3n) is 3.60. The van der Waals surface area contributed by atoms with E-state index in [4.69, 9.17) is 0 Å². The first-order chi connectivity index (χ1) is 8.66. The van der Waals surface area contributed by atoms with Gasteiger partial charge in [-0.3, -0.25) is 5.01 Å². The largest absolute Gasteiger partial charge is 0.391 e. The molecule has 0 aromatic heterocycles. The maximum Gasteiger partial charge on any atom is 0.0759 e. The molecule has 0 bridgehead atoms. The van der Waals surface area contributed by atoms with Crippen molar-refractivity contribution in [1.29, 1.82) is 0 Å². The van der Waals surface area contributed by atoms with Crippen molar-refractivity contribution in [3.8, 4) is 0 Å². The van der Waals surface area contributed by atoms with Crippen LogP contribution in [0, 0.1) is 6.92 Å². The average molecular weight is 246 g/mol. The van der Waals surface area contributed by atoms with Crippen LogP contribution in [0.4, 0.5) is 0 Å². The molecule has 1 aliphatic rings. The first kappa shape index (κ1) is 13.1. The van der Waals surface area contributed by atoms with Gasteiger partial charge in [-0.2, -0.15) is 5.10 Å². The zero-order valence-corrected chi connectivity index (χ0v) is 11.2. The Kier molecular flexibility index (Phi) is 4.37. The molecule has 1 aromatic rings. The zero-order valence-electron chi connectivity index (χ0n) is 11.2. The van der Waals surface area contributed by atoms with Gasteiger partial charge in [0.15, 0.2) is 0 Å². The van der Waals surface area contributed by atoms with Crippen LogP contribution < -0.4 is 0 Å². The predicted molar refractivity (Wildman–Crippen MR) is 74.8 cm³/mol. The number of hydrogen-bond acceptors (Lipinski definition) is 3. The molecule has 0 amide bonds. The number of aliphatic hydroxyl groups is 1. The summed E-state index contributed by atoms with van der Waals surface area (Å²) < 4.78 is 0. The lowest BCUT2D eigenvalue weighted by Gasteiger charge is -2.33. The summed E-state index contributed by atoms with van der Waals surface area (Å²) in [6.45, 7) is 2.08. The molecule has 0 heterocycles. The summed E-state index contributed by atoms with van der Waals surface area (Å²) in [5, 5.41) is 16.3. The van der Waals surface area contributed by atoms with Crippen molar-refractivity contribution in [2.24, 2.45) is 5.10 Å². The summed E-state index contributed by atoms with van der Waals surface area (Å²) in [5.74, 6) is 0. The Bertz CT molecular complexity index is 417. The van der Waals surface area contributed by atoms with Crippen molar-refractivity contribution in [2.45, 2.75) is 44.8 Å². The second-order valence-electron chi connectivity index (χ2n) is 5.15. The SMILES string of the molecule is Cc1cccc(/C=N/N(C)[C@H]2CCCC[C@@H]2O)c1. The highest BCUT2D eigenvalue weighted by atomic mass is 16.3. The molecule has 1 saturated carbocycles. The Balaban J connectivity index is 1.99. The van der Waals surface area contributed by atoms with Gasteiger partial charge < -0.3 is 5.11 Å². The van der Waals surface area contributed by atoms with Crippen molar-refractivity contribution in [3.63, 3.8) is 0 Å². The molecule has 3 heteroatoms. The van der Waals surface area contributed by atoms with Gasteiger partial charge in [0.25, 0.3) is 0 Å². The number of hydrogen-bond donors (Lipinski definition) is 1. The van der Waals surface area contributed by atoms with Gasteiger partial charge in [0.2, 0.25) is 0 Å². The maximum absolute atomic E-state index is 9.97.